The lowest BCUT2D eigenvalue weighted by Crippen LogP contribution is -2.58. The van der Waals surface area contributed by atoms with Gasteiger partial charge in [0.25, 0.3) is 0 Å². The molecule has 1 aliphatic heterocycles. The van der Waals surface area contributed by atoms with Crippen LogP contribution in [0.4, 0.5) is 4.39 Å². The molecule has 0 bridgehead atoms. The first kappa shape index (κ1) is 15.5. The van der Waals surface area contributed by atoms with Crippen molar-refractivity contribution in [2.45, 2.75) is 39.8 Å². The Morgan fingerprint density at radius 1 is 1.33 bits per heavy atom. The monoisotopic (exact) mass is 292 g/mol. The van der Waals surface area contributed by atoms with Crippen LogP contribution in [0.3, 0.4) is 0 Å². The number of aryl methyl sites for hydroxylation is 1. The van der Waals surface area contributed by atoms with Crippen molar-refractivity contribution in [2.75, 3.05) is 13.1 Å². The van der Waals surface area contributed by atoms with E-state index in [2.05, 4.69) is 0 Å². The Hall–Kier alpha value is -1.91. The van der Waals surface area contributed by atoms with Crippen LogP contribution >= 0.6 is 0 Å². The fourth-order valence-electron chi connectivity index (χ4n) is 2.64. The maximum atomic E-state index is 13.8. The van der Waals surface area contributed by atoms with E-state index >= 15 is 0 Å². The highest BCUT2D eigenvalue weighted by atomic mass is 19.1. The first-order chi connectivity index (χ1) is 9.93. The Morgan fingerprint density at radius 2 is 2.05 bits per heavy atom. The standard InChI is InChI=1S/C16H21FN2O2/c1-4-7-18-10-15(20)19(12(3)16(18)21)9-13-8-11(2)5-6-14(13)17/h5-6,8,12H,4,7,9-10H2,1-3H3/t12-/m1/s1. The van der Waals surface area contributed by atoms with E-state index in [0.717, 1.165) is 12.0 Å². The topological polar surface area (TPSA) is 40.6 Å². The Kier molecular flexibility index (Phi) is 4.60. The number of carbonyl (C=O) groups excluding carboxylic acids is 2. The molecule has 2 rings (SSSR count). The van der Waals surface area contributed by atoms with Crippen molar-refractivity contribution in [1.82, 2.24) is 9.80 Å². The van der Waals surface area contributed by atoms with Crippen LogP contribution in [0.2, 0.25) is 0 Å². The van der Waals surface area contributed by atoms with Crippen molar-refractivity contribution in [3.8, 4) is 0 Å². The van der Waals surface area contributed by atoms with E-state index in [9.17, 15) is 14.0 Å². The smallest absolute Gasteiger partial charge is 0.245 e. The Bertz CT molecular complexity index is 559. The first-order valence-electron chi connectivity index (χ1n) is 7.27. The quantitative estimate of drug-likeness (QED) is 0.852. The van der Waals surface area contributed by atoms with Gasteiger partial charge >= 0.3 is 0 Å². The third-order valence-corrected chi connectivity index (χ3v) is 3.82. The van der Waals surface area contributed by atoms with Gasteiger partial charge in [0.1, 0.15) is 11.9 Å². The van der Waals surface area contributed by atoms with Gasteiger partial charge in [-0.15, -0.1) is 0 Å². The van der Waals surface area contributed by atoms with Crippen molar-refractivity contribution in [3.05, 3.63) is 35.1 Å². The minimum Gasteiger partial charge on any atom is -0.332 e. The number of rotatable bonds is 4. The summed E-state index contributed by atoms with van der Waals surface area (Å²) in [5.74, 6) is -0.537. The molecule has 1 aliphatic rings. The molecule has 21 heavy (non-hydrogen) atoms. The molecule has 1 aromatic rings. The normalized spacial score (nSPS) is 19.3. The summed E-state index contributed by atoms with van der Waals surface area (Å²) >= 11 is 0. The Labute approximate surface area is 124 Å². The summed E-state index contributed by atoms with van der Waals surface area (Å²) in [4.78, 5) is 27.5. The van der Waals surface area contributed by atoms with Crippen LogP contribution in [0.15, 0.2) is 18.2 Å². The molecule has 1 aromatic carbocycles. The number of amides is 2. The molecule has 5 heteroatoms. The largest absolute Gasteiger partial charge is 0.332 e. The molecule has 1 heterocycles. The van der Waals surface area contributed by atoms with Crippen LogP contribution in [0, 0.1) is 12.7 Å². The molecule has 1 atom stereocenters. The van der Waals surface area contributed by atoms with Crippen molar-refractivity contribution < 1.29 is 14.0 Å². The highest BCUT2D eigenvalue weighted by molar-refractivity contribution is 5.94. The Balaban J connectivity index is 2.18. The second-order valence-corrected chi connectivity index (χ2v) is 5.55. The van der Waals surface area contributed by atoms with Gasteiger partial charge in [0.2, 0.25) is 11.8 Å². The molecule has 0 radical (unpaired) electrons. The zero-order chi connectivity index (χ0) is 15.6. The second-order valence-electron chi connectivity index (χ2n) is 5.55. The van der Waals surface area contributed by atoms with Crippen LogP contribution < -0.4 is 0 Å². The summed E-state index contributed by atoms with van der Waals surface area (Å²) in [5, 5.41) is 0. The van der Waals surface area contributed by atoms with Crippen molar-refractivity contribution in [1.29, 1.82) is 0 Å². The molecule has 0 spiro atoms. The molecule has 0 saturated carbocycles. The molecule has 4 nitrogen and oxygen atoms in total. The number of hydrogen-bond acceptors (Lipinski definition) is 2. The van der Waals surface area contributed by atoms with E-state index in [-0.39, 0.29) is 30.7 Å². The van der Waals surface area contributed by atoms with Gasteiger partial charge in [0.05, 0.1) is 6.54 Å². The lowest BCUT2D eigenvalue weighted by atomic mass is 10.1. The summed E-state index contributed by atoms with van der Waals surface area (Å²) < 4.78 is 13.8. The molecule has 0 aliphatic carbocycles. The highest BCUT2D eigenvalue weighted by Gasteiger charge is 2.36. The molecule has 2 amide bonds. The molecular weight excluding hydrogens is 271 g/mol. The highest BCUT2D eigenvalue weighted by Crippen LogP contribution is 2.19. The molecule has 1 saturated heterocycles. The number of piperazine rings is 1. The van der Waals surface area contributed by atoms with Crippen LogP contribution in [-0.2, 0) is 16.1 Å². The molecule has 114 valence electrons. The lowest BCUT2D eigenvalue weighted by Gasteiger charge is -2.38. The SMILES string of the molecule is CCCN1CC(=O)N(Cc2cc(C)ccc2F)[C@H](C)C1=O. The van der Waals surface area contributed by atoms with Gasteiger partial charge in [-0.05, 0) is 26.3 Å². The number of carbonyl (C=O) groups is 2. The van der Waals surface area contributed by atoms with Gasteiger partial charge < -0.3 is 9.80 Å². The van der Waals surface area contributed by atoms with Gasteiger partial charge in [-0.2, -0.15) is 0 Å². The van der Waals surface area contributed by atoms with E-state index < -0.39 is 6.04 Å². The zero-order valence-electron chi connectivity index (χ0n) is 12.7. The summed E-state index contributed by atoms with van der Waals surface area (Å²) in [6, 6.07) is 4.26. The fourth-order valence-corrected chi connectivity index (χ4v) is 2.64. The molecule has 0 aromatic heterocycles. The average Bonchev–Trinajstić information content (AvgIpc) is 2.44. The van der Waals surface area contributed by atoms with E-state index in [0.29, 0.717) is 12.1 Å². The fraction of sp³-hybridized carbons (Fsp3) is 0.500. The van der Waals surface area contributed by atoms with Crippen LogP contribution in [0.1, 0.15) is 31.4 Å². The molecular formula is C16H21FN2O2. The van der Waals surface area contributed by atoms with Crippen molar-refractivity contribution in [2.24, 2.45) is 0 Å². The van der Waals surface area contributed by atoms with E-state index in [1.54, 1.807) is 24.0 Å². The van der Waals surface area contributed by atoms with Crippen molar-refractivity contribution in [3.63, 3.8) is 0 Å². The number of benzene rings is 1. The third-order valence-electron chi connectivity index (χ3n) is 3.82. The van der Waals surface area contributed by atoms with Crippen LogP contribution in [-0.4, -0.2) is 40.7 Å². The van der Waals surface area contributed by atoms with E-state index in [4.69, 9.17) is 0 Å². The minimum atomic E-state index is -0.544. The molecule has 0 unspecified atom stereocenters. The third kappa shape index (κ3) is 3.23. The van der Waals surface area contributed by atoms with Gasteiger partial charge in [-0.25, -0.2) is 4.39 Å². The Morgan fingerprint density at radius 3 is 2.71 bits per heavy atom. The van der Waals surface area contributed by atoms with Gasteiger partial charge in [-0.3, -0.25) is 9.59 Å². The van der Waals surface area contributed by atoms with Gasteiger partial charge in [-0.1, -0.05) is 24.6 Å². The van der Waals surface area contributed by atoms with Crippen molar-refractivity contribution >= 4 is 11.8 Å². The minimum absolute atomic E-state index is 0.0653. The molecule has 1 fully saturated rings. The summed E-state index contributed by atoms with van der Waals surface area (Å²) in [5.41, 5.74) is 1.38. The average molecular weight is 292 g/mol. The number of halogens is 1. The summed E-state index contributed by atoms with van der Waals surface area (Å²) in [6.45, 7) is 6.36. The van der Waals surface area contributed by atoms with E-state index in [1.165, 1.54) is 11.0 Å². The van der Waals surface area contributed by atoms with Crippen LogP contribution in [0.25, 0.3) is 0 Å². The zero-order valence-corrected chi connectivity index (χ0v) is 12.7. The molecule has 0 N–H and O–H groups in total. The number of hydrogen-bond donors (Lipinski definition) is 0. The predicted molar refractivity (Wildman–Crippen MR) is 78.0 cm³/mol. The van der Waals surface area contributed by atoms with Gasteiger partial charge in [0, 0.05) is 18.7 Å². The van der Waals surface area contributed by atoms with Crippen LogP contribution in [0.5, 0.6) is 0 Å². The second kappa shape index (κ2) is 6.24. The summed E-state index contributed by atoms with van der Waals surface area (Å²) in [7, 11) is 0. The van der Waals surface area contributed by atoms with E-state index in [1.807, 2.05) is 13.8 Å². The predicted octanol–water partition coefficient (Wildman–Crippen LogP) is 2.10. The lowest BCUT2D eigenvalue weighted by molar-refractivity contribution is -0.155. The summed E-state index contributed by atoms with van der Waals surface area (Å²) in [6.07, 6.45) is 0.818. The maximum Gasteiger partial charge on any atom is 0.245 e. The number of nitrogens with zero attached hydrogens (tertiary/aromatic N) is 2. The van der Waals surface area contributed by atoms with Gasteiger partial charge in [0.15, 0.2) is 0 Å². The maximum absolute atomic E-state index is 13.8. The first-order valence-corrected chi connectivity index (χ1v) is 7.27.